The number of unbranched alkanes of at least 4 members (excludes halogenated alkanes) is 4. The molecule has 0 aliphatic heterocycles. The zero-order valence-electron chi connectivity index (χ0n) is 10.8. The van der Waals surface area contributed by atoms with Crippen LogP contribution >= 0.6 is 0 Å². The molecule has 0 saturated carbocycles. The van der Waals surface area contributed by atoms with Gasteiger partial charge in [0, 0.05) is 12.0 Å². The SMILES string of the molecule is CCCCCCCC(=O)c1ccc(C(=O)O)cc1. The van der Waals surface area contributed by atoms with Crippen molar-refractivity contribution in [3.8, 4) is 0 Å². The molecule has 0 spiro atoms. The average Bonchev–Trinajstić information content (AvgIpc) is 2.38. The Kier molecular flexibility index (Phi) is 6.12. The Labute approximate surface area is 108 Å². The van der Waals surface area contributed by atoms with E-state index < -0.39 is 5.97 Å². The van der Waals surface area contributed by atoms with E-state index in [-0.39, 0.29) is 11.3 Å². The Morgan fingerprint density at radius 3 is 2.06 bits per heavy atom. The van der Waals surface area contributed by atoms with Crippen LogP contribution in [0.15, 0.2) is 24.3 Å². The summed E-state index contributed by atoms with van der Waals surface area (Å²) in [4.78, 5) is 22.5. The number of carboxylic acids is 1. The number of Topliss-reactive ketones (excluding diaryl/α,β-unsaturated/α-hetero) is 1. The fourth-order valence-corrected chi connectivity index (χ4v) is 1.83. The lowest BCUT2D eigenvalue weighted by molar-refractivity contribution is 0.0696. The van der Waals surface area contributed by atoms with E-state index in [9.17, 15) is 9.59 Å². The summed E-state index contributed by atoms with van der Waals surface area (Å²) in [6.07, 6.45) is 6.16. The second kappa shape index (κ2) is 7.64. The molecule has 3 nitrogen and oxygen atoms in total. The largest absolute Gasteiger partial charge is 0.478 e. The van der Waals surface area contributed by atoms with Gasteiger partial charge < -0.3 is 5.11 Å². The van der Waals surface area contributed by atoms with Crippen LogP contribution < -0.4 is 0 Å². The molecular formula is C15H20O3. The van der Waals surface area contributed by atoms with Crippen LogP contribution in [0, 0.1) is 0 Å². The van der Waals surface area contributed by atoms with Crippen LogP contribution in [0.2, 0.25) is 0 Å². The van der Waals surface area contributed by atoms with E-state index in [1.807, 2.05) is 0 Å². The van der Waals surface area contributed by atoms with Gasteiger partial charge in [0.1, 0.15) is 0 Å². The molecule has 1 N–H and O–H groups in total. The van der Waals surface area contributed by atoms with Gasteiger partial charge in [-0.1, -0.05) is 44.7 Å². The summed E-state index contributed by atoms with van der Waals surface area (Å²) in [6, 6.07) is 6.15. The quantitative estimate of drug-likeness (QED) is 0.560. The molecule has 0 aliphatic rings. The molecule has 0 atom stereocenters. The van der Waals surface area contributed by atoms with Gasteiger partial charge in [-0.05, 0) is 18.6 Å². The predicted octanol–water partition coefficient (Wildman–Crippen LogP) is 3.93. The van der Waals surface area contributed by atoms with E-state index in [2.05, 4.69) is 6.92 Å². The van der Waals surface area contributed by atoms with Crippen molar-refractivity contribution >= 4 is 11.8 Å². The van der Waals surface area contributed by atoms with Crippen molar-refractivity contribution in [1.29, 1.82) is 0 Å². The highest BCUT2D eigenvalue weighted by Gasteiger charge is 2.07. The molecule has 0 aliphatic carbocycles. The third kappa shape index (κ3) is 4.70. The monoisotopic (exact) mass is 248 g/mol. The van der Waals surface area contributed by atoms with Crippen LogP contribution in [0.4, 0.5) is 0 Å². The molecule has 0 unspecified atom stereocenters. The zero-order valence-corrected chi connectivity index (χ0v) is 10.8. The molecule has 1 aromatic carbocycles. The van der Waals surface area contributed by atoms with Crippen LogP contribution in [0.3, 0.4) is 0 Å². The minimum absolute atomic E-state index is 0.100. The molecule has 0 radical (unpaired) electrons. The molecule has 0 fully saturated rings. The molecule has 98 valence electrons. The summed E-state index contributed by atoms with van der Waals surface area (Å²) < 4.78 is 0. The summed E-state index contributed by atoms with van der Waals surface area (Å²) in [7, 11) is 0. The van der Waals surface area contributed by atoms with E-state index in [0.29, 0.717) is 12.0 Å². The lowest BCUT2D eigenvalue weighted by Crippen LogP contribution is -2.01. The van der Waals surface area contributed by atoms with Gasteiger partial charge in [0.05, 0.1) is 5.56 Å². The van der Waals surface area contributed by atoms with E-state index in [1.54, 1.807) is 12.1 Å². The first-order chi connectivity index (χ1) is 8.65. The van der Waals surface area contributed by atoms with Crippen LogP contribution in [0.25, 0.3) is 0 Å². The fraction of sp³-hybridized carbons (Fsp3) is 0.467. The van der Waals surface area contributed by atoms with Gasteiger partial charge in [-0.2, -0.15) is 0 Å². The summed E-state index contributed by atoms with van der Waals surface area (Å²) >= 11 is 0. The summed E-state index contributed by atoms with van der Waals surface area (Å²) in [5.74, 6) is -0.864. The van der Waals surface area contributed by atoms with E-state index >= 15 is 0 Å². The first-order valence-electron chi connectivity index (χ1n) is 6.51. The number of carbonyl (C=O) groups excluding carboxylic acids is 1. The molecule has 1 aromatic rings. The van der Waals surface area contributed by atoms with Gasteiger partial charge in [-0.15, -0.1) is 0 Å². The van der Waals surface area contributed by atoms with Crippen molar-refractivity contribution in [1.82, 2.24) is 0 Å². The Morgan fingerprint density at radius 1 is 0.944 bits per heavy atom. The van der Waals surface area contributed by atoms with Gasteiger partial charge >= 0.3 is 5.97 Å². The normalized spacial score (nSPS) is 10.3. The number of carbonyl (C=O) groups is 2. The standard InChI is InChI=1S/C15H20O3/c1-2-3-4-5-6-7-14(16)12-8-10-13(11-9-12)15(17)18/h8-11H,2-7H2,1H3,(H,17,18). The van der Waals surface area contributed by atoms with Crippen molar-refractivity contribution in [2.45, 2.75) is 45.4 Å². The lowest BCUT2D eigenvalue weighted by Gasteiger charge is -2.02. The number of carboxylic acid groups (broad SMARTS) is 1. The first kappa shape index (κ1) is 14.4. The van der Waals surface area contributed by atoms with Gasteiger partial charge in [0.2, 0.25) is 0 Å². The molecule has 18 heavy (non-hydrogen) atoms. The van der Waals surface area contributed by atoms with E-state index in [1.165, 1.54) is 31.4 Å². The number of ketones is 1. The highest BCUT2D eigenvalue weighted by molar-refractivity contribution is 5.97. The van der Waals surface area contributed by atoms with Crippen molar-refractivity contribution in [3.63, 3.8) is 0 Å². The van der Waals surface area contributed by atoms with Crippen molar-refractivity contribution in [2.75, 3.05) is 0 Å². The minimum atomic E-state index is -0.964. The minimum Gasteiger partial charge on any atom is -0.478 e. The molecule has 0 amide bonds. The second-order valence-electron chi connectivity index (χ2n) is 4.47. The van der Waals surface area contributed by atoms with Crippen LogP contribution in [-0.4, -0.2) is 16.9 Å². The van der Waals surface area contributed by atoms with Crippen molar-refractivity contribution in [3.05, 3.63) is 35.4 Å². The maximum absolute atomic E-state index is 11.8. The highest BCUT2D eigenvalue weighted by atomic mass is 16.4. The smallest absolute Gasteiger partial charge is 0.335 e. The molecule has 1 rings (SSSR count). The Morgan fingerprint density at radius 2 is 1.50 bits per heavy atom. The average molecular weight is 248 g/mol. The van der Waals surface area contributed by atoms with Crippen LogP contribution in [0.1, 0.15) is 66.2 Å². The topological polar surface area (TPSA) is 54.4 Å². The fourth-order valence-electron chi connectivity index (χ4n) is 1.83. The summed E-state index contributed by atoms with van der Waals surface area (Å²) in [5, 5.41) is 8.75. The Bertz CT molecular complexity index is 393. The number of hydrogen-bond acceptors (Lipinski definition) is 2. The van der Waals surface area contributed by atoms with Crippen LogP contribution in [-0.2, 0) is 0 Å². The van der Waals surface area contributed by atoms with Gasteiger partial charge in [0.25, 0.3) is 0 Å². The van der Waals surface area contributed by atoms with Gasteiger partial charge in [-0.3, -0.25) is 4.79 Å². The van der Waals surface area contributed by atoms with Gasteiger partial charge in [0.15, 0.2) is 5.78 Å². The second-order valence-corrected chi connectivity index (χ2v) is 4.47. The summed E-state index contributed by atoms with van der Waals surface area (Å²) in [6.45, 7) is 2.16. The lowest BCUT2D eigenvalue weighted by atomic mass is 10.0. The molecule has 3 heteroatoms. The van der Waals surface area contributed by atoms with Crippen LogP contribution in [0.5, 0.6) is 0 Å². The molecule has 0 heterocycles. The highest BCUT2D eigenvalue weighted by Crippen LogP contribution is 2.11. The maximum Gasteiger partial charge on any atom is 0.335 e. The third-order valence-corrected chi connectivity index (χ3v) is 2.96. The molecular weight excluding hydrogens is 228 g/mol. The first-order valence-corrected chi connectivity index (χ1v) is 6.51. The maximum atomic E-state index is 11.8. The molecule has 0 saturated heterocycles. The zero-order chi connectivity index (χ0) is 13.4. The van der Waals surface area contributed by atoms with E-state index in [4.69, 9.17) is 5.11 Å². The van der Waals surface area contributed by atoms with Crippen molar-refractivity contribution < 1.29 is 14.7 Å². The van der Waals surface area contributed by atoms with Gasteiger partial charge in [-0.25, -0.2) is 4.79 Å². The summed E-state index contributed by atoms with van der Waals surface area (Å²) in [5.41, 5.74) is 0.824. The number of benzene rings is 1. The van der Waals surface area contributed by atoms with E-state index in [0.717, 1.165) is 12.8 Å². The predicted molar refractivity (Wildman–Crippen MR) is 71.1 cm³/mol. The Hall–Kier alpha value is -1.64. The third-order valence-electron chi connectivity index (χ3n) is 2.96. The number of aromatic carboxylic acids is 1. The number of rotatable bonds is 8. The molecule has 0 aromatic heterocycles. The number of hydrogen-bond donors (Lipinski definition) is 1. The Balaban J connectivity index is 2.39. The molecule has 0 bridgehead atoms. The van der Waals surface area contributed by atoms with Crippen molar-refractivity contribution in [2.24, 2.45) is 0 Å².